The zero-order chi connectivity index (χ0) is 13.5. The molecule has 0 unspecified atom stereocenters. The van der Waals surface area contributed by atoms with Crippen LogP contribution in [-0.2, 0) is 4.74 Å². The van der Waals surface area contributed by atoms with Gasteiger partial charge in [0.15, 0.2) is 0 Å². The first-order valence-electron chi connectivity index (χ1n) is 6.86. The Balaban J connectivity index is 1.78. The monoisotopic (exact) mass is 268 g/mol. The van der Waals surface area contributed by atoms with Crippen LogP contribution in [0.3, 0.4) is 0 Å². The molecule has 0 radical (unpaired) electrons. The van der Waals surface area contributed by atoms with Gasteiger partial charge in [0.2, 0.25) is 0 Å². The van der Waals surface area contributed by atoms with Crippen LogP contribution in [0.25, 0.3) is 11.1 Å². The number of benzene rings is 2. The highest BCUT2D eigenvalue weighted by Crippen LogP contribution is 2.44. The molecule has 1 nitrogen and oxygen atoms in total. The third-order valence-electron chi connectivity index (χ3n) is 3.69. The standard InChI is InChI=1S/C17H20OSi/c1-19(2,3)17-16(18-17)15-11-9-14(10-12-15)13-7-5-4-6-8-13/h4-12,16-17H,1-3H3/t16-,17+/m0/s1. The molecule has 0 amide bonds. The Hall–Kier alpha value is -1.38. The molecule has 2 heteroatoms. The minimum absolute atomic E-state index is 0.344. The van der Waals surface area contributed by atoms with E-state index in [0.717, 1.165) is 0 Å². The molecule has 1 saturated heterocycles. The van der Waals surface area contributed by atoms with Crippen LogP contribution in [-0.4, -0.2) is 13.8 Å². The maximum absolute atomic E-state index is 5.87. The van der Waals surface area contributed by atoms with Crippen LogP contribution < -0.4 is 0 Å². The molecule has 0 saturated carbocycles. The summed E-state index contributed by atoms with van der Waals surface area (Å²) in [6.45, 7) is 7.11. The maximum Gasteiger partial charge on any atom is 0.106 e. The smallest absolute Gasteiger partial charge is 0.106 e. The molecule has 1 aliphatic rings. The van der Waals surface area contributed by atoms with Gasteiger partial charge in [-0.1, -0.05) is 74.2 Å². The lowest BCUT2D eigenvalue weighted by molar-refractivity contribution is 0.400. The predicted molar refractivity (Wildman–Crippen MR) is 82.8 cm³/mol. The number of epoxide rings is 1. The lowest BCUT2D eigenvalue weighted by atomic mass is 10.0. The van der Waals surface area contributed by atoms with Gasteiger partial charge < -0.3 is 4.74 Å². The molecule has 0 bridgehead atoms. The van der Waals surface area contributed by atoms with E-state index in [0.29, 0.717) is 11.8 Å². The predicted octanol–water partition coefficient (Wildman–Crippen LogP) is 4.67. The summed E-state index contributed by atoms with van der Waals surface area (Å²) in [6.07, 6.45) is 0.344. The first-order valence-corrected chi connectivity index (χ1v) is 10.4. The molecule has 1 aliphatic heterocycles. The highest BCUT2D eigenvalue weighted by molar-refractivity contribution is 6.78. The normalized spacial score (nSPS) is 22.3. The Morgan fingerprint density at radius 2 is 1.37 bits per heavy atom. The van der Waals surface area contributed by atoms with Crippen molar-refractivity contribution in [1.29, 1.82) is 0 Å². The van der Waals surface area contributed by atoms with E-state index in [2.05, 4.69) is 74.2 Å². The molecule has 0 spiro atoms. The van der Waals surface area contributed by atoms with Crippen LogP contribution in [0, 0.1) is 0 Å². The summed E-state index contributed by atoms with van der Waals surface area (Å²) in [5.74, 6) is 0. The second kappa shape index (κ2) is 4.62. The van der Waals surface area contributed by atoms with Gasteiger partial charge in [0.25, 0.3) is 0 Å². The van der Waals surface area contributed by atoms with Crippen molar-refractivity contribution in [3.63, 3.8) is 0 Å². The van der Waals surface area contributed by atoms with Crippen molar-refractivity contribution in [2.45, 2.75) is 31.5 Å². The van der Waals surface area contributed by atoms with E-state index >= 15 is 0 Å². The van der Waals surface area contributed by atoms with Crippen LogP contribution in [0.4, 0.5) is 0 Å². The largest absolute Gasteiger partial charge is 0.368 e. The fraction of sp³-hybridized carbons (Fsp3) is 0.294. The molecule has 1 heterocycles. The third-order valence-corrected chi connectivity index (χ3v) is 5.84. The topological polar surface area (TPSA) is 12.5 Å². The first kappa shape index (κ1) is 12.6. The van der Waals surface area contributed by atoms with E-state index in [-0.39, 0.29) is 0 Å². The number of ether oxygens (including phenoxy) is 1. The summed E-state index contributed by atoms with van der Waals surface area (Å²) in [5.41, 5.74) is 4.37. The van der Waals surface area contributed by atoms with Crippen molar-refractivity contribution in [3.05, 3.63) is 60.2 Å². The molecule has 19 heavy (non-hydrogen) atoms. The van der Waals surface area contributed by atoms with Gasteiger partial charge in [0, 0.05) is 0 Å². The van der Waals surface area contributed by atoms with Crippen molar-refractivity contribution in [3.8, 4) is 11.1 Å². The fourth-order valence-corrected chi connectivity index (χ4v) is 4.18. The van der Waals surface area contributed by atoms with Crippen molar-refractivity contribution in [1.82, 2.24) is 0 Å². The first-order chi connectivity index (χ1) is 9.05. The molecule has 1 fully saturated rings. The van der Waals surface area contributed by atoms with Crippen LogP contribution in [0.15, 0.2) is 54.6 Å². The summed E-state index contributed by atoms with van der Waals surface area (Å²) < 4.78 is 5.87. The second-order valence-electron chi connectivity index (χ2n) is 6.33. The summed E-state index contributed by atoms with van der Waals surface area (Å²) in [7, 11) is -1.17. The Morgan fingerprint density at radius 3 is 1.89 bits per heavy atom. The molecule has 98 valence electrons. The van der Waals surface area contributed by atoms with E-state index in [9.17, 15) is 0 Å². The Morgan fingerprint density at radius 1 is 0.789 bits per heavy atom. The second-order valence-corrected chi connectivity index (χ2v) is 11.6. The Bertz CT molecular complexity index is 554. The zero-order valence-corrected chi connectivity index (χ0v) is 12.8. The van der Waals surface area contributed by atoms with E-state index in [1.165, 1.54) is 16.7 Å². The molecule has 2 aromatic rings. The van der Waals surface area contributed by atoms with E-state index < -0.39 is 8.07 Å². The molecule has 2 aromatic carbocycles. The van der Waals surface area contributed by atoms with Gasteiger partial charge in [-0.15, -0.1) is 0 Å². The van der Waals surface area contributed by atoms with Crippen molar-refractivity contribution in [2.24, 2.45) is 0 Å². The highest BCUT2D eigenvalue weighted by Gasteiger charge is 2.48. The van der Waals surface area contributed by atoms with Gasteiger partial charge in [-0.3, -0.25) is 0 Å². The number of hydrogen-bond acceptors (Lipinski definition) is 1. The van der Waals surface area contributed by atoms with Crippen molar-refractivity contribution in [2.75, 3.05) is 0 Å². The van der Waals surface area contributed by atoms with Gasteiger partial charge in [0.1, 0.15) is 6.10 Å². The number of hydrogen-bond donors (Lipinski definition) is 0. The molecule has 0 aromatic heterocycles. The number of rotatable bonds is 3. The summed E-state index contributed by atoms with van der Waals surface area (Å²) in [4.78, 5) is 0. The minimum Gasteiger partial charge on any atom is -0.368 e. The molecule has 2 atom stereocenters. The molecular formula is C17H20OSi. The Kier molecular flexibility index (Phi) is 3.07. The van der Waals surface area contributed by atoms with Crippen LogP contribution in [0.5, 0.6) is 0 Å². The summed E-state index contributed by atoms with van der Waals surface area (Å²) in [5, 5.41) is 0. The van der Waals surface area contributed by atoms with Crippen molar-refractivity contribution >= 4 is 8.07 Å². The van der Waals surface area contributed by atoms with Crippen LogP contribution >= 0.6 is 0 Å². The average molecular weight is 268 g/mol. The molecule has 3 rings (SSSR count). The third kappa shape index (κ3) is 2.65. The minimum atomic E-state index is -1.17. The lowest BCUT2D eigenvalue weighted by Crippen LogP contribution is -2.29. The lowest BCUT2D eigenvalue weighted by Gasteiger charge is -2.11. The van der Waals surface area contributed by atoms with Crippen LogP contribution in [0.1, 0.15) is 11.7 Å². The summed E-state index contributed by atoms with van der Waals surface area (Å²) in [6, 6.07) is 19.3. The zero-order valence-electron chi connectivity index (χ0n) is 11.8. The fourth-order valence-electron chi connectivity index (χ4n) is 2.52. The van der Waals surface area contributed by atoms with Crippen LogP contribution in [0.2, 0.25) is 19.6 Å². The maximum atomic E-state index is 5.87. The van der Waals surface area contributed by atoms with Gasteiger partial charge in [-0.05, 0) is 16.7 Å². The highest BCUT2D eigenvalue weighted by atomic mass is 28.3. The Labute approximate surface area is 116 Å². The molecule has 0 aliphatic carbocycles. The molecular weight excluding hydrogens is 248 g/mol. The van der Waals surface area contributed by atoms with E-state index in [4.69, 9.17) is 4.74 Å². The van der Waals surface area contributed by atoms with Gasteiger partial charge in [-0.2, -0.15) is 0 Å². The average Bonchev–Trinajstić information content (AvgIpc) is 3.20. The van der Waals surface area contributed by atoms with E-state index in [1.54, 1.807) is 0 Å². The van der Waals surface area contributed by atoms with Crippen molar-refractivity contribution < 1.29 is 4.74 Å². The summed E-state index contributed by atoms with van der Waals surface area (Å²) >= 11 is 0. The SMILES string of the molecule is C[Si](C)(C)[C@H]1O[C@H]1c1ccc(-c2ccccc2)cc1. The molecule has 0 N–H and O–H groups in total. The van der Waals surface area contributed by atoms with Gasteiger partial charge >= 0.3 is 0 Å². The van der Waals surface area contributed by atoms with Gasteiger partial charge in [0.05, 0.1) is 13.8 Å². The van der Waals surface area contributed by atoms with E-state index in [1.807, 2.05) is 0 Å². The van der Waals surface area contributed by atoms with Gasteiger partial charge in [-0.25, -0.2) is 0 Å². The quantitative estimate of drug-likeness (QED) is 0.582.